The molecule has 82 valence electrons. The Hall–Kier alpha value is -1.45. The average Bonchev–Trinajstić information content (AvgIpc) is 2.17. The van der Waals surface area contributed by atoms with E-state index in [1.54, 1.807) is 19.2 Å². The molecule has 1 aromatic carbocycles. The number of rotatable bonds is 3. The monoisotopic (exact) mass is 212 g/mol. The van der Waals surface area contributed by atoms with Crippen molar-refractivity contribution < 1.29 is 8.78 Å². The van der Waals surface area contributed by atoms with Crippen molar-refractivity contribution in [1.29, 1.82) is 0 Å². The molecule has 15 heavy (non-hydrogen) atoms. The van der Waals surface area contributed by atoms with Gasteiger partial charge in [-0.2, -0.15) is 0 Å². The lowest BCUT2D eigenvalue weighted by Crippen LogP contribution is -2.15. The molecule has 2 N–H and O–H groups in total. The van der Waals surface area contributed by atoms with Gasteiger partial charge in [-0.3, -0.25) is 4.99 Å². The fraction of sp³-hybridized carbons (Fsp3) is 0.364. The molecular weight excluding hydrogens is 198 g/mol. The first-order valence-corrected chi connectivity index (χ1v) is 4.62. The second-order valence-electron chi connectivity index (χ2n) is 3.48. The molecule has 0 aliphatic heterocycles. The second-order valence-corrected chi connectivity index (χ2v) is 3.48. The minimum atomic E-state index is -2.81. The van der Waals surface area contributed by atoms with E-state index in [1.165, 1.54) is 12.1 Å². The smallest absolute Gasteiger partial charge is 0.270 e. The maximum Gasteiger partial charge on any atom is 0.270 e. The lowest BCUT2D eigenvalue weighted by Gasteiger charge is -2.11. The van der Waals surface area contributed by atoms with Crippen molar-refractivity contribution in [1.82, 2.24) is 0 Å². The van der Waals surface area contributed by atoms with Crippen LogP contribution >= 0.6 is 0 Å². The highest BCUT2D eigenvalue weighted by atomic mass is 19.3. The molecule has 1 rings (SSSR count). The number of benzene rings is 1. The Balaban J connectivity index is 2.93. The zero-order chi connectivity index (χ0) is 11.5. The van der Waals surface area contributed by atoms with Crippen LogP contribution in [0.25, 0.3) is 0 Å². The first kappa shape index (κ1) is 11.6. The fourth-order valence-electron chi connectivity index (χ4n) is 1.24. The highest BCUT2D eigenvalue weighted by Crippen LogP contribution is 2.27. The number of hydrogen-bond acceptors (Lipinski definition) is 1. The summed E-state index contributed by atoms with van der Waals surface area (Å²) in [6, 6.07) is 6.22. The summed E-state index contributed by atoms with van der Waals surface area (Å²) in [6.07, 6.45) is 0.403. The number of alkyl halides is 2. The molecule has 0 bridgehead atoms. The van der Waals surface area contributed by atoms with Crippen LogP contribution in [0.2, 0.25) is 0 Å². The van der Waals surface area contributed by atoms with E-state index in [9.17, 15) is 8.78 Å². The highest BCUT2D eigenvalue weighted by molar-refractivity contribution is 5.82. The average molecular weight is 212 g/mol. The predicted molar refractivity (Wildman–Crippen MR) is 57.3 cm³/mol. The van der Waals surface area contributed by atoms with Crippen LogP contribution in [0.15, 0.2) is 29.3 Å². The van der Waals surface area contributed by atoms with E-state index in [2.05, 4.69) is 4.99 Å². The summed E-state index contributed by atoms with van der Waals surface area (Å²) < 4.78 is 26.0. The van der Waals surface area contributed by atoms with Gasteiger partial charge in [0, 0.05) is 26.0 Å². The van der Waals surface area contributed by atoms with Crippen LogP contribution in [0.4, 0.5) is 8.78 Å². The Morgan fingerprint density at radius 3 is 2.67 bits per heavy atom. The Bertz CT molecular complexity index is 367. The third-order valence-corrected chi connectivity index (χ3v) is 2.11. The van der Waals surface area contributed by atoms with Crippen molar-refractivity contribution >= 4 is 5.84 Å². The molecule has 0 aromatic heterocycles. The van der Waals surface area contributed by atoms with E-state index >= 15 is 0 Å². The van der Waals surface area contributed by atoms with Gasteiger partial charge in [0.1, 0.15) is 0 Å². The number of aliphatic imine (C=N–C) groups is 1. The molecule has 0 fully saturated rings. The zero-order valence-corrected chi connectivity index (χ0v) is 8.80. The first-order valence-electron chi connectivity index (χ1n) is 4.62. The van der Waals surface area contributed by atoms with Gasteiger partial charge in [-0.1, -0.05) is 18.2 Å². The minimum Gasteiger partial charge on any atom is -0.387 e. The van der Waals surface area contributed by atoms with Gasteiger partial charge in [0.05, 0.1) is 5.84 Å². The van der Waals surface area contributed by atoms with Gasteiger partial charge < -0.3 is 5.73 Å². The van der Waals surface area contributed by atoms with Gasteiger partial charge in [0.25, 0.3) is 5.92 Å². The highest BCUT2D eigenvalue weighted by Gasteiger charge is 2.23. The van der Waals surface area contributed by atoms with Crippen LogP contribution in [0.3, 0.4) is 0 Å². The summed E-state index contributed by atoms with van der Waals surface area (Å²) in [6.45, 7) is 0.878. The van der Waals surface area contributed by atoms with Crippen molar-refractivity contribution in [2.75, 3.05) is 7.05 Å². The van der Waals surface area contributed by atoms with E-state index < -0.39 is 5.92 Å². The molecule has 0 radical (unpaired) electrons. The molecule has 0 saturated carbocycles. The lowest BCUT2D eigenvalue weighted by molar-refractivity contribution is 0.0174. The molecule has 0 amide bonds. The van der Waals surface area contributed by atoms with Crippen molar-refractivity contribution in [3.63, 3.8) is 0 Å². The molecule has 0 unspecified atom stereocenters. The Morgan fingerprint density at radius 1 is 1.47 bits per heavy atom. The van der Waals surface area contributed by atoms with Crippen LogP contribution in [-0.2, 0) is 12.3 Å². The number of amidine groups is 1. The van der Waals surface area contributed by atoms with Crippen molar-refractivity contribution in [3.05, 3.63) is 35.4 Å². The number of halogens is 2. The number of nitrogens with zero attached hydrogens (tertiary/aromatic N) is 1. The number of nitrogens with two attached hydrogens (primary N) is 1. The Labute approximate surface area is 87.8 Å². The van der Waals surface area contributed by atoms with Crippen molar-refractivity contribution in [3.8, 4) is 0 Å². The van der Waals surface area contributed by atoms with Gasteiger partial charge in [-0.05, 0) is 11.6 Å². The quantitative estimate of drug-likeness (QED) is 0.606. The van der Waals surface area contributed by atoms with Crippen molar-refractivity contribution in [2.24, 2.45) is 10.7 Å². The summed E-state index contributed by atoms with van der Waals surface area (Å²) in [5.41, 5.74) is 6.28. The molecule has 0 heterocycles. The second kappa shape index (κ2) is 4.38. The summed E-state index contributed by atoms with van der Waals surface area (Å²) in [4.78, 5) is 3.78. The largest absolute Gasteiger partial charge is 0.387 e. The van der Waals surface area contributed by atoms with Crippen molar-refractivity contribution in [2.45, 2.75) is 19.3 Å². The van der Waals surface area contributed by atoms with Gasteiger partial charge in [0.15, 0.2) is 0 Å². The van der Waals surface area contributed by atoms with Gasteiger partial charge >= 0.3 is 0 Å². The minimum absolute atomic E-state index is 0.00361. The molecule has 0 spiro atoms. The van der Waals surface area contributed by atoms with Gasteiger partial charge in [-0.15, -0.1) is 0 Å². The van der Waals surface area contributed by atoms with E-state index in [1.807, 2.05) is 0 Å². The summed E-state index contributed by atoms with van der Waals surface area (Å²) >= 11 is 0. The van der Waals surface area contributed by atoms with E-state index in [-0.39, 0.29) is 5.56 Å². The van der Waals surface area contributed by atoms with Crippen LogP contribution in [0.1, 0.15) is 18.1 Å². The molecule has 0 aliphatic rings. The Kier molecular flexibility index (Phi) is 3.39. The molecule has 0 saturated heterocycles. The maximum absolute atomic E-state index is 13.0. The van der Waals surface area contributed by atoms with Gasteiger partial charge in [0.2, 0.25) is 0 Å². The molecule has 2 nitrogen and oxygen atoms in total. The standard InChI is InChI=1S/C11H14F2N2/c1-11(12,13)9-5-3-4-8(6-9)7-10(14)15-2/h3-6H,7H2,1-2H3,(H2,14,15). The van der Waals surface area contributed by atoms with E-state index in [0.717, 1.165) is 12.5 Å². The zero-order valence-electron chi connectivity index (χ0n) is 8.80. The molecule has 0 aliphatic carbocycles. The lowest BCUT2D eigenvalue weighted by atomic mass is 10.0. The normalized spacial score (nSPS) is 12.9. The topological polar surface area (TPSA) is 38.4 Å². The van der Waals surface area contributed by atoms with E-state index in [0.29, 0.717) is 12.3 Å². The van der Waals surface area contributed by atoms with E-state index in [4.69, 9.17) is 5.73 Å². The van der Waals surface area contributed by atoms with Crippen LogP contribution in [0, 0.1) is 0 Å². The molecule has 0 atom stereocenters. The Morgan fingerprint density at radius 2 is 2.13 bits per heavy atom. The third-order valence-electron chi connectivity index (χ3n) is 2.11. The predicted octanol–water partition coefficient (Wildman–Crippen LogP) is 2.33. The van der Waals surface area contributed by atoms with Crippen LogP contribution in [0.5, 0.6) is 0 Å². The summed E-state index contributed by atoms with van der Waals surface area (Å²) in [5.74, 6) is -2.37. The van der Waals surface area contributed by atoms with Crippen LogP contribution < -0.4 is 5.73 Å². The number of hydrogen-bond donors (Lipinski definition) is 1. The first-order chi connectivity index (χ1) is 6.93. The third kappa shape index (κ3) is 3.31. The maximum atomic E-state index is 13.0. The SMILES string of the molecule is CN=C(N)Cc1cccc(C(C)(F)F)c1. The molecule has 1 aromatic rings. The van der Waals surface area contributed by atoms with Crippen LogP contribution in [-0.4, -0.2) is 12.9 Å². The molecular formula is C11H14F2N2. The summed E-state index contributed by atoms with van der Waals surface area (Å²) in [7, 11) is 1.58. The van der Waals surface area contributed by atoms with Gasteiger partial charge in [-0.25, -0.2) is 8.78 Å². The molecule has 4 heteroatoms. The summed E-state index contributed by atoms with van der Waals surface area (Å²) in [5, 5.41) is 0. The fourth-order valence-corrected chi connectivity index (χ4v) is 1.24.